The predicted octanol–water partition coefficient (Wildman–Crippen LogP) is 4.86. The molecule has 0 bridgehead atoms. The summed E-state index contributed by atoms with van der Waals surface area (Å²) < 4.78 is 29.4. The first kappa shape index (κ1) is 21.2. The van der Waals surface area contributed by atoms with E-state index in [4.69, 9.17) is 17.4 Å². The van der Waals surface area contributed by atoms with Crippen LogP contribution < -0.4 is 11.3 Å². The van der Waals surface area contributed by atoms with Gasteiger partial charge in [0.25, 0.3) is 0 Å². The Morgan fingerprint density at radius 2 is 2.10 bits per heavy atom. The van der Waals surface area contributed by atoms with Gasteiger partial charge >= 0.3 is 6.03 Å². The van der Waals surface area contributed by atoms with Gasteiger partial charge < -0.3 is 4.90 Å². The van der Waals surface area contributed by atoms with Crippen LogP contribution in [0.2, 0.25) is 5.02 Å². The van der Waals surface area contributed by atoms with E-state index >= 15 is 0 Å². The standard InChI is InChI=1S/C20H19ClF2N4OS/c1-2-27(20(28)26-24)6-5-17-15(22)8-12(11-25-17)14-9-13(21)10-16(23)19(14)18-4-3-7-29-18/h3-4,7-11H,2,5-6,24H2,1H3,(H,26,28). The molecule has 0 fully saturated rings. The number of hydrogen-bond donors (Lipinski definition) is 2. The molecular weight excluding hydrogens is 418 g/mol. The van der Waals surface area contributed by atoms with E-state index < -0.39 is 17.7 Å². The molecule has 0 aliphatic rings. The maximum Gasteiger partial charge on any atom is 0.331 e. The molecule has 0 spiro atoms. The van der Waals surface area contributed by atoms with Gasteiger partial charge in [0.1, 0.15) is 11.6 Å². The van der Waals surface area contributed by atoms with Crippen LogP contribution in [0.3, 0.4) is 0 Å². The van der Waals surface area contributed by atoms with Crippen LogP contribution in [0.5, 0.6) is 0 Å². The molecule has 3 rings (SSSR count). The number of pyridine rings is 1. The highest BCUT2D eigenvalue weighted by Gasteiger charge is 2.18. The number of thiophene rings is 1. The Hall–Kier alpha value is -2.55. The van der Waals surface area contributed by atoms with Gasteiger partial charge in [-0.2, -0.15) is 0 Å². The second-order valence-electron chi connectivity index (χ2n) is 6.22. The lowest BCUT2D eigenvalue weighted by Crippen LogP contribution is -2.44. The molecule has 3 N–H and O–H groups in total. The molecule has 2 amide bonds. The Labute approximate surface area is 176 Å². The molecule has 0 aliphatic heterocycles. The van der Waals surface area contributed by atoms with Gasteiger partial charge in [-0.15, -0.1) is 11.3 Å². The lowest BCUT2D eigenvalue weighted by Gasteiger charge is -2.19. The number of benzene rings is 1. The van der Waals surface area contributed by atoms with Crippen LogP contribution in [0, 0.1) is 11.6 Å². The molecule has 152 valence electrons. The highest BCUT2D eigenvalue weighted by atomic mass is 35.5. The van der Waals surface area contributed by atoms with Gasteiger partial charge in [-0.05, 0) is 42.1 Å². The molecular formula is C20H19ClF2N4OS. The summed E-state index contributed by atoms with van der Waals surface area (Å²) in [5.41, 5.74) is 3.50. The molecule has 0 unspecified atom stereocenters. The number of carbonyl (C=O) groups is 1. The van der Waals surface area contributed by atoms with E-state index in [0.29, 0.717) is 28.1 Å². The van der Waals surface area contributed by atoms with E-state index in [0.717, 1.165) is 0 Å². The summed E-state index contributed by atoms with van der Waals surface area (Å²) in [6.07, 6.45) is 1.70. The van der Waals surface area contributed by atoms with Crippen molar-refractivity contribution in [3.05, 3.63) is 64.3 Å². The van der Waals surface area contributed by atoms with E-state index in [2.05, 4.69) is 10.4 Å². The van der Waals surface area contributed by atoms with Crippen LogP contribution in [0.4, 0.5) is 13.6 Å². The summed E-state index contributed by atoms with van der Waals surface area (Å²) >= 11 is 7.42. The number of carbonyl (C=O) groups excluding carboxylic acids is 1. The van der Waals surface area contributed by atoms with Crippen molar-refractivity contribution in [2.75, 3.05) is 13.1 Å². The van der Waals surface area contributed by atoms with Gasteiger partial charge in [-0.1, -0.05) is 17.7 Å². The lowest BCUT2D eigenvalue weighted by molar-refractivity contribution is 0.201. The minimum absolute atomic E-state index is 0.206. The Balaban J connectivity index is 1.92. The first-order valence-electron chi connectivity index (χ1n) is 8.87. The normalized spacial score (nSPS) is 10.8. The van der Waals surface area contributed by atoms with Crippen LogP contribution in [-0.4, -0.2) is 29.0 Å². The monoisotopic (exact) mass is 436 g/mol. The number of urea groups is 1. The number of amides is 2. The fourth-order valence-corrected chi connectivity index (χ4v) is 4.00. The van der Waals surface area contributed by atoms with Crippen molar-refractivity contribution in [3.63, 3.8) is 0 Å². The molecule has 5 nitrogen and oxygen atoms in total. The smallest absolute Gasteiger partial charge is 0.324 e. The highest BCUT2D eigenvalue weighted by Crippen LogP contribution is 2.38. The molecule has 0 atom stereocenters. The first-order chi connectivity index (χ1) is 13.9. The minimum Gasteiger partial charge on any atom is -0.324 e. The second-order valence-corrected chi connectivity index (χ2v) is 7.60. The zero-order valence-electron chi connectivity index (χ0n) is 15.6. The van der Waals surface area contributed by atoms with Gasteiger partial charge in [0.15, 0.2) is 0 Å². The van der Waals surface area contributed by atoms with E-state index in [9.17, 15) is 13.6 Å². The summed E-state index contributed by atoms with van der Waals surface area (Å²) in [5, 5.41) is 2.06. The maximum absolute atomic E-state index is 14.7. The molecule has 2 heterocycles. The summed E-state index contributed by atoms with van der Waals surface area (Å²) in [6, 6.07) is 7.31. The number of rotatable bonds is 6. The molecule has 0 saturated heterocycles. The topological polar surface area (TPSA) is 71.2 Å². The number of nitrogens with two attached hydrogens (primary N) is 1. The third-order valence-electron chi connectivity index (χ3n) is 4.46. The van der Waals surface area contributed by atoms with Gasteiger partial charge in [-0.3, -0.25) is 10.4 Å². The largest absolute Gasteiger partial charge is 0.331 e. The molecule has 1 aromatic carbocycles. The third kappa shape index (κ3) is 4.72. The highest BCUT2D eigenvalue weighted by molar-refractivity contribution is 7.13. The summed E-state index contributed by atoms with van der Waals surface area (Å²) in [6.45, 7) is 2.48. The van der Waals surface area contributed by atoms with Crippen molar-refractivity contribution in [2.24, 2.45) is 5.84 Å². The van der Waals surface area contributed by atoms with Crippen molar-refractivity contribution in [3.8, 4) is 21.6 Å². The summed E-state index contributed by atoms with van der Waals surface area (Å²) in [5.74, 6) is 4.12. The van der Waals surface area contributed by atoms with Gasteiger partial charge in [0, 0.05) is 46.7 Å². The number of nitrogens with one attached hydrogen (secondary N) is 1. The SMILES string of the molecule is CCN(CCc1ncc(-c2cc(Cl)cc(F)c2-c2cccs2)cc1F)C(=O)NN. The number of aromatic nitrogens is 1. The number of hydrazine groups is 1. The molecule has 9 heteroatoms. The minimum atomic E-state index is -0.538. The predicted molar refractivity (Wildman–Crippen MR) is 112 cm³/mol. The third-order valence-corrected chi connectivity index (χ3v) is 5.57. The van der Waals surface area contributed by atoms with Crippen molar-refractivity contribution in [1.82, 2.24) is 15.3 Å². The molecule has 0 radical (unpaired) electrons. The number of nitrogens with zero attached hydrogens (tertiary/aromatic N) is 2. The van der Waals surface area contributed by atoms with Gasteiger partial charge in [-0.25, -0.2) is 19.4 Å². The van der Waals surface area contributed by atoms with Crippen molar-refractivity contribution < 1.29 is 13.6 Å². The average Bonchev–Trinajstić information content (AvgIpc) is 3.22. The fraction of sp³-hybridized carbons (Fsp3) is 0.200. The van der Waals surface area contributed by atoms with Gasteiger partial charge in [0.05, 0.1) is 5.69 Å². The zero-order chi connectivity index (χ0) is 21.0. The van der Waals surface area contributed by atoms with E-state index in [1.807, 2.05) is 11.4 Å². The first-order valence-corrected chi connectivity index (χ1v) is 10.1. The van der Waals surface area contributed by atoms with Crippen molar-refractivity contribution in [2.45, 2.75) is 13.3 Å². The quantitative estimate of drug-likeness (QED) is 0.329. The Morgan fingerprint density at radius 1 is 1.31 bits per heavy atom. The fourth-order valence-electron chi connectivity index (χ4n) is 3.01. The van der Waals surface area contributed by atoms with Crippen LogP contribution in [-0.2, 0) is 6.42 Å². The molecule has 2 aromatic heterocycles. The average molecular weight is 437 g/mol. The van der Waals surface area contributed by atoms with E-state index in [1.165, 1.54) is 34.6 Å². The van der Waals surface area contributed by atoms with Crippen LogP contribution >= 0.6 is 22.9 Å². The van der Waals surface area contributed by atoms with Gasteiger partial charge in [0.2, 0.25) is 0 Å². The van der Waals surface area contributed by atoms with Crippen LogP contribution in [0.1, 0.15) is 12.6 Å². The van der Waals surface area contributed by atoms with Crippen molar-refractivity contribution in [1.29, 1.82) is 0 Å². The molecule has 29 heavy (non-hydrogen) atoms. The van der Waals surface area contributed by atoms with E-state index in [-0.39, 0.29) is 23.7 Å². The summed E-state index contributed by atoms with van der Waals surface area (Å²) in [7, 11) is 0. The van der Waals surface area contributed by atoms with Crippen molar-refractivity contribution >= 4 is 29.0 Å². The second kappa shape index (κ2) is 9.30. The van der Waals surface area contributed by atoms with Crippen LogP contribution in [0.25, 0.3) is 21.6 Å². The number of hydrogen-bond acceptors (Lipinski definition) is 4. The molecule has 0 aliphatic carbocycles. The number of halogens is 3. The Kier molecular flexibility index (Phi) is 6.79. The summed E-state index contributed by atoms with van der Waals surface area (Å²) in [4.78, 5) is 18.0. The zero-order valence-corrected chi connectivity index (χ0v) is 17.2. The molecule has 3 aromatic rings. The molecule has 0 saturated carbocycles. The van der Waals surface area contributed by atoms with Crippen LogP contribution in [0.15, 0.2) is 41.9 Å². The number of likely N-dealkylation sites (N-methyl/N-ethyl adjacent to an activating group) is 1. The maximum atomic E-state index is 14.7. The lowest BCUT2D eigenvalue weighted by atomic mass is 9.99. The Morgan fingerprint density at radius 3 is 2.72 bits per heavy atom. The van der Waals surface area contributed by atoms with E-state index in [1.54, 1.807) is 19.1 Å². The Bertz CT molecular complexity index is 1010.